The Hall–Kier alpha value is -3.57. The zero-order valence-corrected chi connectivity index (χ0v) is 24.0. The third-order valence-corrected chi connectivity index (χ3v) is 9.39. The number of hydrogen-bond acceptors (Lipinski definition) is 8. The van der Waals surface area contributed by atoms with E-state index in [0.717, 1.165) is 25.9 Å². The number of amides is 1. The van der Waals surface area contributed by atoms with E-state index < -0.39 is 6.17 Å². The molecule has 222 valence electrons. The monoisotopic (exact) mass is 578 g/mol. The fourth-order valence-electron chi connectivity index (χ4n) is 7.46. The van der Waals surface area contributed by atoms with Gasteiger partial charge in [-0.3, -0.25) is 9.69 Å². The molecule has 1 amide bonds. The molecule has 7 rings (SSSR count). The number of piperazine rings is 1. The lowest BCUT2D eigenvalue weighted by atomic mass is 9.95. The van der Waals surface area contributed by atoms with Crippen molar-refractivity contribution in [2.45, 2.75) is 63.8 Å². The number of aromatic nitrogens is 2. The number of nitrogens with zero attached hydrogens (tertiary/aromatic N) is 5. The summed E-state index contributed by atoms with van der Waals surface area (Å²) in [5.41, 5.74) is 1.49. The second kappa shape index (κ2) is 10.3. The maximum absolute atomic E-state index is 14.9. The standard InChI is InChI=1S/C31H36F2N6O3/c1-3-22-23(33)6-5-19-11-21(40)12-25(26(19)22)39-16-24-27(29(39)41)28(37-10-8-34-18(2)14-37)36-30(35-24)42-17-31-7-4-9-38(31)15-20(32)13-31/h5-6,11-12,18,20,34,40H,3-4,7-10,13-17H2,1-2H3/t18?,20-,31+/m1/s1. The van der Waals surface area contributed by atoms with E-state index in [2.05, 4.69) is 22.0 Å². The van der Waals surface area contributed by atoms with Crippen LogP contribution in [0.5, 0.6) is 11.8 Å². The Bertz CT molecular complexity index is 1570. The van der Waals surface area contributed by atoms with Crippen molar-refractivity contribution in [3.05, 3.63) is 46.9 Å². The normalized spacial score (nSPS) is 25.9. The molecule has 9 nitrogen and oxygen atoms in total. The Morgan fingerprint density at radius 2 is 2.07 bits per heavy atom. The SMILES string of the molecule is CCc1c(F)ccc2cc(O)cc(N3Cc4nc(OC[C@@]56CCCN5C[C@H](F)C6)nc(N5CCNC(C)C5)c4C3=O)c12. The molecule has 3 saturated heterocycles. The van der Waals surface area contributed by atoms with Crippen LogP contribution >= 0.6 is 0 Å². The highest BCUT2D eigenvalue weighted by Crippen LogP contribution is 2.42. The topological polar surface area (TPSA) is 94.1 Å². The van der Waals surface area contributed by atoms with Crippen LogP contribution in [0.15, 0.2) is 24.3 Å². The summed E-state index contributed by atoms with van der Waals surface area (Å²) in [4.78, 5) is 29.5. The van der Waals surface area contributed by atoms with Gasteiger partial charge in [0.05, 0.1) is 23.5 Å². The molecule has 4 aliphatic rings. The first-order valence-electron chi connectivity index (χ1n) is 14.9. The molecule has 0 saturated carbocycles. The molecule has 2 aromatic carbocycles. The Morgan fingerprint density at radius 1 is 1.21 bits per heavy atom. The van der Waals surface area contributed by atoms with E-state index in [1.54, 1.807) is 17.0 Å². The molecule has 1 aromatic heterocycles. The minimum Gasteiger partial charge on any atom is -0.508 e. The van der Waals surface area contributed by atoms with Crippen LogP contribution < -0.4 is 19.9 Å². The number of aromatic hydroxyl groups is 1. The first kappa shape index (κ1) is 27.3. The summed E-state index contributed by atoms with van der Waals surface area (Å²) >= 11 is 0. The van der Waals surface area contributed by atoms with Crippen molar-refractivity contribution in [2.75, 3.05) is 49.1 Å². The number of phenols is 1. The van der Waals surface area contributed by atoms with E-state index in [9.17, 15) is 18.7 Å². The van der Waals surface area contributed by atoms with Crippen LogP contribution in [0.25, 0.3) is 10.8 Å². The smallest absolute Gasteiger partial charge is 0.318 e. The molecule has 0 aliphatic carbocycles. The third-order valence-electron chi connectivity index (χ3n) is 9.39. The first-order valence-corrected chi connectivity index (χ1v) is 14.9. The van der Waals surface area contributed by atoms with Crippen LogP contribution in [0.4, 0.5) is 20.3 Å². The molecule has 42 heavy (non-hydrogen) atoms. The van der Waals surface area contributed by atoms with Crippen molar-refractivity contribution in [1.82, 2.24) is 20.2 Å². The van der Waals surface area contributed by atoms with Crippen molar-refractivity contribution in [3.8, 4) is 11.8 Å². The minimum atomic E-state index is -0.867. The van der Waals surface area contributed by atoms with E-state index in [1.807, 2.05) is 6.92 Å². The average molecular weight is 579 g/mol. The molecular weight excluding hydrogens is 542 g/mol. The number of benzene rings is 2. The summed E-state index contributed by atoms with van der Waals surface area (Å²) in [5, 5.41) is 15.3. The lowest BCUT2D eigenvalue weighted by Gasteiger charge is -2.34. The Balaban J connectivity index is 1.29. The molecule has 0 bridgehead atoms. The minimum absolute atomic E-state index is 0.00992. The molecule has 1 unspecified atom stereocenters. The van der Waals surface area contributed by atoms with E-state index in [0.29, 0.717) is 71.6 Å². The summed E-state index contributed by atoms with van der Waals surface area (Å²) < 4.78 is 35.6. The van der Waals surface area contributed by atoms with Gasteiger partial charge in [-0.15, -0.1) is 0 Å². The van der Waals surface area contributed by atoms with E-state index in [-0.39, 0.29) is 48.2 Å². The number of rotatable bonds is 6. The van der Waals surface area contributed by atoms with Crippen molar-refractivity contribution < 1.29 is 23.4 Å². The third kappa shape index (κ3) is 4.44. The maximum atomic E-state index is 14.9. The van der Waals surface area contributed by atoms with E-state index in [4.69, 9.17) is 14.7 Å². The van der Waals surface area contributed by atoms with Gasteiger partial charge in [0.1, 0.15) is 35.7 Å². The fourth-order valence-corrected chi connectivity index (χ4v) is 7.46. The molecule has 2 N–H and O–H groups in total. The van der Waals surface area contributed by atoms with Gasteiger partial charge < -0.3 is 25.0 Å². The fraction of sp³-hybridized carbons (Fsp3) is 0.516. The number of carbonyl (C=O) groups is 1. The predicted molar refractivity (Wildman–Crippen MR) is 156 cm³/mol. The summed E-state index contributed by atoms with van der Waals surface area (Å²) in [6.45, 7) is 7.70. The number of phenolic OH excluding ortho intramolecular Hbond substituents is 1. The van der Waals surface area contributed by atoms with Crippen molar-refractivity contribution in [1.29, 1.82) is 0 Å². The van der Waals surface area contributed by atoms with Gasteiger partial charge in [-0.25, -0.2) is 8.78 Å². The molecule has 0 spiro atoms. The lowest BCUT2D eigenvalue weighted by molar-refractivity contribution is 0.0996. The van der Waals surface area contributed by atoms with Crippen LogP contribution in [-0.4, -0.2) is 83.0 Å². The van der Waals surface area contributed by atoms with Gasteiger partial charge in [-0.2, -0.15) is 9.97 Å². The Labute approximate surface area is 243 Å². The largest absolute Gasteiger partial charge is 0.508 e. The summed E-state index contributed by atoms with van der Waals surface area (Å²) in [7, 11) is 0. The number of anilines is 2. The van der Waals surface area contributed by atoms with Crippen LogP contribution in [0.3, 0.4) is 0 Å². The molecule has 3 atom stereocenters. The number of fused-ring (bicyclic) bond motifs is 3. The van der Waals surface area contributed by atoms with Gasteiger partial charge >= 0.3 is 6.01 Å². The summed E-state index contributed by atoms with van der Waals surface area (Å²) in [6.07, 6.45) is 1.87. The number of alkyl halides is 1. The first-order chi connectivity index (χ1) is 20.3. The number of halogens is 2. The zero-order valence-electron chi connectivity index (χ0n) is 24.0. The van der Waals surface area contributed by atoms with E-state index >= 15 is 0 Å². The highest BCUT2D eigenvalue weighted by atomic mass is 19.1. The van der Waals surface area contributed by atoms with Crippen molar-refractivity contribution >= 4 is 28.2 Å². The van der Waals surface area contributed by atoms with Crippen LogP contribution in [0.1, 0.15) is 54.7 Å². The highest BCUT2D eigenvalue weighted by Gasteiger charge is 2.49. The molecule has 0 radical (unpaired) electrons. The predicted octanol–water partition coefficient (Wildman–Crippen LogP) is 3.95. The van der Waals surface area contributed by atoms with Gasteiger partial charge in [0.2, 0.25) is 0 Å². The highest BCUT2D eigenvalue weighted by molar-refractivity contribution is 6.16. The quantitative estimate of drug-likeness (QED) is 0.454. The van der Waals surface area contributed by atoms with Crippen molar-refractivity contribution in [3.63, 3.8) is 0 Å². The van der Waals surface area contributed by atoms with Gasteiger partial charge in [0.25, 0.3) is 5.91 Å². The second-order valence-corrected chi connectivity index (χ2v) is 12.2. The number of aryl methyl sites for hydroxylation is 1. The molecule has 3 aromatic rings. The zero-order chi connectivity index (χ0) is 29.2. The molecular formula is C31H36F2N6O3. The molecule has 5 heterocycles. The van der Waals surface area contributed by atoms with E-state index in [1.165, 1.54) is 12.1 Å². The summed E-state index contributed by atoms with van der Waals surface area (Å²) in [5.74, 6) is -0.149. The van der Waals surface area contributed by atoms with Gasteiger partial charge in [0, 0.05) is 50.1 Å². The van der Waals surface area contributed by atoms with Gasteiger partial charge in [-0.1, -0.05) is 13.0 Å². The molecule has 3 fully saturated rings. The van der Waals surface area contributed by atoms with Crippen LogP contribution in [0.2, 0.25) is 0 Å². The summed E-state index contributed by atoms with van der Waals surface area (Å²) in [6, 6.07) is 6.48. The average Bonchev–Trinajstić information content (AvgIpc) is 3.60. The van der Waals surface area contributed by atoms with Gasteiger partial charge in [-0.05, 0) is 55.8 Å². The van der Waals surface area contributed by atoms with Crippen molar-refractivity contribution in [2.24, 2.45) is 0 Å². The van der Waals surface area contributed by atoms with Gasteiger partial charge in [0.15, 0.2) is 0 Å². The number of ether oxygens (including phenoxy) is 1. The second-order valence-electron chi connectivity index (χ2n) is 12.2. The number of nitrogens with one attached hydrogen (secondary N) is 1. The Morgan fingerprint density at radius 3 is 2.88 bits per heavy atom. The maximum Gasteiger partial charge on any atom is 0.318 e. The molecule has 4 aliphatic heterocycles. The molecule has 11 heteroatoms. The van der Waals surface area contributed by atoms with Crippen LogP contribution in [-0.2, 0) is 13.0 Å². The van der Waals surface area contributed by atoms with Crippen LogP contribution in [0, 0.1) is 5.82 Å². The Kier molecular flexibility index (Phi) is 6.69. The lowest BCUT2D eigenvalue weighted by Crippen LogP contribution is -2.50. The number of carbonyl (C=O) groups excluding carboxylic acids is 1. The number of hydrogen-bond donors (Lipinski definition) is 2.